The van der Waals surface area contributed by atoms with Gasteiger partial charge in [-0.15, -0.1) is 0 Å². The number of halogens is 3. The fraction of sp³-hybridized carbons (Fsp3) is 0.355. The number of amides is 1. The molecule has 2 heterocycles. The summed E-state index contributed by atoms with van der Waals surface area (Å²) in [7, 11) is 1.24. The highest BCUT2D eigenvalue weighted by Crippen LogP contribution is 2.50. The molecular weight excluding hydrogens is 570 g/mol. The van der Waals surface area contributed by atoms with E-state index >= 15 is 8.78 Å². The Morgan fingerprint density at radius 2 is 1.98 bits per heavy atom. The van der Waals surface area contributed by atoms with Crippen LogP contribution in [0.15, 0.2) is 48.5 Å². The molecule has 3 aromatic rings. The summed E-state index contributed by atoms with van der Waals surface area (Å²) in [6, 6.07) is 14.9. The third-order valence-corrected chi connectivity index (χ3v) is 7.69. The van der Waals surface area contributed by atoms with Crippen molar-refractivity contribution >= 4 is 17.7 Å². The molecule has 0 bridgehead atoms. The van der Waals surface area contributed by atoms with Gasteiger partial charge in [0, 0.05) is 35.8 Å². The number of ether oxygens (including phenoxy) is 5. The summed E-state index contributed by atoms with van der Waals surface area (Å²) in [5.74, 6) is -1.77. The molecule has 220 valence electrons. The molecule has 1 N–H and O–H groups in total. The highest BCUT2D eigenvalue weighted by molar-refractivity contribution is 6.34. The molecule has 0 aliphatic carbocycles. The van der Waals surface area contributed by atoms with E-state index < -0.39 is 23.3 Å². The second-order valence-electron chi connectivity index (χ2n) is 9.94. The standard InChI is InChI=1S/C31H29ClF2N2O6/c1-38-30(37)36-18-31(20-7-3-2-4-8-20)16-21-24(42-31)15-22(33)28(32)27(21)26-19(17-35)10-11-23(29(26)34)39-13-14-41-25-9-5-6-12-40-25/h2-4,7-8,10-11,15,25H,5-6,9,12-14,16,18H2,1H3,(H,36,37)/t25-,31+/m0/s1. The normalized spacial score (nSPS) is 19.4. The molecule has 0 unspecified atom stereocenters. The number of rotatable bonds is 9. The van der Waals surface area contributed by atoms with Crippen LogP contribution in [0.4, 0.5) is 13.6 Å². The SMILES string of the molecule is COC(=O)NC[C@@]1(c2ccccc2)Cc2c(cc(F)c(Cl)c2-c2c(C#N)ccc(OCCO[C@H]3CCCCO3)c2F)O1. The van der Waals surface area contributed by atoms with Crippen LogP contribution >= 0.6 is 11.6 Å². The lowest BCUT2D eigenvalue weighted by atomic mass is 9.85. The maximum atomic E-state index is 16.1. The number of nitrogens with zero attached hydrogens (tertiary/aromatic N) is 1. The predicted molar refractivity (Wildman–Crippen MR) is 149 cm³/mol. The summed E-state index contributed by atoms with van der Waals surface area (Å²) < 4.78 is 59.3. The van der Waals surface area contributed by atoms with Crippen molar-refractivity contribution in [3.05, 3.63) is 81.9 Å². The first-order chi connectivity index (χ1) is 20.4. The first-order valence-corrected chi connectivity index (χ1v) is 13.9. The molecule has 2 atom stereocenters. The zero-order valence-corrected chi connectivity index (χ0v) is 23.6. The third kappa shape index (κ3) is 6.00. The molecule has 3 aromatic carbocycles. The zero-order chi connectivity index (χ0) is 29.7. The van der Waals surface area contributed by atoms with E-state index in [-0.39, 0.29) is 65.7 Å². The number of fused-ring (bicyclic) bond motifs is 1. The predicted octanol–water partition coefficient (Wildman–Crippen LogP) is 6.27. The van der Waals surface area contributed by atoms with Crippen molar-refractivity contribution in [3.8, 4) is 28.7 Å². The van der Waals surface area contributed by atoms with Crippen LogP contribution in [0.1, 0.15) is 36.0 Å². The minimum Gasteiger partial charge on any atom is -0.488 e. The minimum atomic E-state index is -1.19. The van der Waals surface area contributed by atoms with E-state index in [1.807, 2.05) is 12.1 Å². The van der Waals surface area contributed by atoms with Crippen molar-refractivity contribution in [3.63, 3.8) is 0 Å². The molecule has 11 heteroatoms. The van der Waals surface area contributed by atoms with Gasteiger partial charge in [-0.2, -0.15) is 5.26 Å². The Balaban J connectivity index is 1.50. The highest BCUT2D eigenvalue weighted by Gasteiger charge is 2.44. The molecular formula is C31H29ClF2N2O6. The Morgan fingerprint density at radius 3 is 2.69 bits per heavy atom. The quantitative estimate of drug-likeness (QED) is 0.290. The number of hydrogen-bond acceptors (Lipinski definition) is 7. The van der Waals surface area contributed by atoms with Crippen LogP contribution in [-0.4, -0.2) is 45.9 Å². The summed E-state index contributed by atoms with van der Waals surface area (Å²) in [5.41, 5.74) is -0.428. The number of nitrogens with one attached hydrogen (secondary N) is 1. The van der Waals surface area contributed by atoms with Gasteiger partial charge in [-0.3, -0.25) is 0 Å². The number of benzene rings is 3. The number of nitriles is 1. The Labute approximate surface area is 247 Å². The van der Waals surface area contributed by atoms with E-state index in [1.54, 1.807) is 24.3 Å². The summed E-state index contributed by atoms with van der Waals surface area (Å²) in [6.07, 6.45) is 1.84. The average Bonchev–Trinajstić information content (AvgIpc) is 3.39. The maximum absolute atomic E-state index is 16.1. The summed E-state index contributed by atoms with van der Waals surface area (Å²) in [6.45, 7) is 0.775. The molecule has 2 aliphatic heterocycles. The lowest BCUT2D eigenvalue weighted by Crippen LogP contribution is -2.44. The van der Waals surface area contributed by atoms with E-state index in [1.165, 1.54) is 19.2 Å². The molecule has 1 fully saturated rings. The monoisotopic (exact) mass is 598 g/mol. The van der Waals surface area contributed by atoms with Crippen molar-refractivity contribution in [1.82, 2.24) is 5.32 Å². The van der Waals surface area contributed by atoms with Crippen LogP contribution in [0, 0.1) is 23.0 Å². The fourth-order valence-electron chi connectivity index (χ4n) is 5.27. The summed E-state index contributed by atoms with van der Waals surface area (Å²) in [5, 5.41) is 12.2. The van der Waals surface area contributed by atoms with Gasteiger partial charge in [-0.05, 0) is 37.0 Å². The van der Waals surface area contributed by atoms with Gasteiger partial charge in [0.1, 0.15) is 18.2 Å². The topological polar surface area (TPSA) is 99.0 Å². The second kappa shape index (κ2) is 12.9. The van der Waals surface area contributed by atoms with Crippen LogP contribution in [0.2, 0.25) is 5.02 Å². The summed E-state index contributed by atoms with van der Waals surface area (Å²) in [4.78, 5) is 12.0. The molecule has 42 heavy (non-hydrogen) atoms. The van der Waals surface area contributed by atoms with E-state index in [4.69, 9.17) is 35.3 Å². The number of carbonyl (C=O) groups is 1. The van der Waals surface area contributed by atoms with Crippen LogP contribution in [-0.2, 0) is 26.2 Å². The molecule has 2 aliphatic rings. The van der Waals surface area contributed by atoms with Gasteiger partial charge in [0.15, 0.2) is 23.5 Å². The van der Waals surface area contributed by atoms with E-state index in [9.17, 15) is 10.1 Å². The minimum absolute atomic E-state index is 0.0195. The Morgan fingerprint density at radius 1 is 1.17 bits per heavy atom. The smallest absolute Gasteiger partial charge is 0.407 e. The fourth-order valence-corrected chi connectivity index (χ4v) is 5.53. The zero-order valence-electron chi connectivity index (χ0n) is 22.9. The van der Waals surface area contributed by atoms with Gasteiger partial charge < -0.3 is 29.0 Å². The second-order valence-corrected chi connectivity index (χ2v) is 10.3. The van der Waals surface area contributed by atoms with Crippen molar-refractivity contribution in [2.75, 3.05) is 33.5 Å². The lowest BCUT2D eigenvalue weighted by Gasteiger charge is -2.29. The molecule has 0 aromatic heterocycles. The summed E-state index contributed by atoms with van der Waals surface area (Å²) >= 11 is 6.50. The third-order valence-electron chi connectivity index (χ3n) is 7.32. The van der Waals surface area contributed by atoms with Crippen molar-refractivity contribution < 1.29 is 37.3 Å². The van der Waals surface area contributed by atoms with Crippen molar-refractivity contribution in [1.29, 1.82) is 5.26 Å². The first kappa shape index (κ1) is 29.6. The number of hydrogen-bond donors (Lipinski definition) is 1. The van der Waals surface area contributed by atoms with Crippen LogP contribution in [0.3, 0.4) is 0 Å². The molecule has 1 amide bonds. The van der Waals surface area contributed by atoms with Crippen molar-refractivity contribution in [2.24, 2.45) is 0 Å². The number of alkyl carbamates (subject to hydrolysis) is 1. The van der Waals surface area contributed by atoms with Crippen molar-refractivity contribution in [2.45, 2.75) is 37.6 Å². The van der Waals surface area contributed by atoms with Gasteiger partial charge in [-0.1, -0.05) is 41.9 Å². The molecule has 0 radical (unpaired) electrons. The maximum Gasteiger partial charge on any atom is 0.407 e. The number of carbonyl (C=O) groups excluding carboxylic acids is 1. The van der Waals surface area contributed by atoms with Gasteiger partial charge in [0.05, 0.1) is 36.9 Å². The van der Waals surface area contributed by atoms with Gasteiger partial charge >= 0.3 is 6.09 Å². The number of methoxy groups -OCH3 is 1. The van der Waals surface area contributed by atoms with E-state index in [2.05, 4.69) is 5.32 Å². The van der Waals surface area contributed by atoms with Crippen LogP contribution < -0.4 is 14.8 Å². The van der Waals surface area contributed by atoms with Gasteiger partial charge in [-0.25, -0.2) is 13.6 Å². The Hall–Kier alpha value is -3.91. The molecule has 8 nitrogen and oxygen atoms in total. The Bertz CT molecular complexity index is 1490. The molecule has 0 spiro atoms. The van der Waals surface area contributed by atoms with E-state index in [0.717, 1.165) is 25.3 Å². The van der Waals surface area contributed by atoms with Crippen LogP contribution in [0.5, 0.6) is 11.5 Å². The highest BCUT2D eigenvalue weighted by atomic mass is 35.5. The van der Waals surface area contributed by atoms with Crippen LogP contribution in [0.25, 0.3) is 11.1 Å². The molecule has 5 rings (SSSR count). The molecule has 0 saturated carbocycles. The largest absolute Gasteiger partial charge is 0.488 e. The first-order valence-electron chi connectivity index (χ1n) is 13.5. The Kier molecular flexibility index (Phi) is 9.12. The van der Waals surface area contributed by atoms with Gasteiger partial charge in [0.25, 0.3) is 0 Å². The van der Waals surface area contributed by atoms with E-state index in [0.29, 0.717) is 17.7 Å². The molecule has 1 saturated heterocycles. The lowest BCUT2D eigenvalue weighted by molar-refractivity contribution is -0.165. The average molecular weight is 599 g/mol. The van der Waals surface area contributed by atoms with Gasteiger partial charge in [0.2, 0.25) is 0 Å².